The first-order valence-corrected chi connectivity index (χ1v) is 9.61. The molecule has 1 N–H and O–H groups in total. The lowest BCUT2D eigenvalue weighted by atomic mass is 9.84. The fourth-order valence-corrected chi connectivity index (χ4v) is 4.36. The van der Waals surface area contributed by atoms with Crippen LogP contribution in [0, 0.1) is 12.3 Å². The average molecular weight is 374 g/mol. The zero-order chi connectivity index (χ0) is 19.9. The van der Waals surface area contributed by atoms with Crippen molar-refractivity contribution in [3.8, 4) is 0 Å². The van der Waals surface area contributed by atoms with E-state index in [-0.39, 0.29) is 17.4 Å². The van der Waals surface area contributed by atoms with E-state index in [0.29, 0.717) is 24.6 Å². The SMILES string of the molecule is Cc1c(C(C)CN2CCN(C(=O)O)C(C(C)(C)C)C2)ccc2c1COC2=O. The van der Waals surface area contributed by atoms with Crippen molar-refractivity contribution in [3.63, 3.8) is 0 Å². The Bertz CT molecular complexity index is 753. The average Bonchev–Trinajstić information content (AvgIpc) is 2.96. The first-order chi connectivity index (χ1) is 12.6. The molecule has 6 nitrogen and oxygen atoms in total. The van der Waals surface area contributed by atoms with Gasteiger partial charge in [-0.2, -0.15) is 0 Å². The Labute approximate surface area is 161 Å². The van der Waals surface area contributed by atoms with Crippen LogP contribution in [0.3, 0.4) is 0 Å². The Morgan fingerprint density at radius 3 is 2.67 bits per heavy atom. The monoisotopic (exact) mass is 374 g/mol. The molecule has 0 spiro atoms. The molecular weight excluding hydrogens is 344 g/mol. The summed E-state index contributed by atoms with van der Waals surface area (Å²) in [6.07, 6.45) is -0.832. The van der Waals surface area contributed by atoms with Gasteiger partial charge in [-0.25, -0.2) is 9.59 Å². The predicted molar refractivity (Wildman–Crippen MR) is 103 cm³/mol. The van der Waals surface area contributed by atoms with Gasteiger partial charge in [-0.1, -0.05) is 33.8 Å². The molecule has 0 aliphatic carbocycles. The van der Waals surface area contributed by atoms with Crippen LogP contribution < -0.4 is 0 Å². The minimum atomic E-state index is -0.832. The number of ether oxygens (including phenoxy) is 1. The van der Waals surface area contributed by atoms with Gasteiger partial charge in [0.1, 0.15) is 6.61 Å². The number of piperazine rings is 1. The Morgan fingerprint density at radius 1 is 1.33 bits per heavy atom. The zero-order valence-corrected chi connectivity index (χ0v) is 16.9. The minimum Gasteiger partial charge on any atom is -0.465 e. The Kier molecular flexibility index (Phi) is 5.21. The van der Waals surface area contributed by atoms with E-state index in [1.165, 1.54) is 5.56 Å². The predicted octanol–water partition coefficient (Wildman–Crippen LogP) is 3.48. The topological polar surface area (TPSA) is 70.1 Å². The van der Waals surface area contributed by atoms with Crippen molar-refractivity contribution < 1.29 is 19.4 Å². The van der Waals surface area contributed by atoms with E-state index < -0.39 is 6.09 Å². The summed E-state index contributed by atoms with van der Waals surface area (Å²) < 4.78 is 5.16. The van der Waals surface area contributed by atoms with Gasteiger partial charge in [-0.05, 0) is 35.4 Å². The molecule has 2 atom stereocenters. The third kappa shape index (κ3) is 3.81. The van der Waals surface area contributed by atoms with Crippen molar-refractivity contribution in [2.75, 3.05) is 26.2 Å². The number of rotatable bonds is 3. The molecule has 2 heterocycles. The number of fused-ring (bicyclic) bond motifs is 1. The van der Waals surface area contributed by atoms with Gasteiger partial charge in [0.05, 0.1) is 11.6 Å². The molecule has 2 unspecified atom stereocenters. The molecule has 148 valence electrons. The molecule has 2 aliphatic rings. The van der Waals surface area contributed by atoms with E-state index in [9.17, 15) is 14.7 Å². The number of hydrogen-bond donors (Lipinski definition) is 1. The number of esters is 1. The van der Waals surface area contributed by atoms with Crippen LogP contribution in [0.25, 0.3) is 0 Å². The quantitative estimate of drug-likeness (QED) is 0.820. The molecule has 0 radical (unpaired) electrons. The second kappa shape index (κ2) is 7.15. The smallest absolute Gasteiger partial charge is 0.407 e. The Hall–Kier alpha value is -2.08. The molecule has 1 aromatic carbocycles. The Morgan fingerprint density at radius 2 is 2.04 bits per heavy atom. The molecule has 0 bridgehead atoms. The van der Waals surface area contributed by atoms with Crippen molar-refractivity contribution in [1.82, 2.24) is 9.80 Å². The van der Waals surface area contributed by atoms with Gasteiger partial charge < -0.3 is 14.7 Å². The van der Waals surface area contributed by atoms with Gasteiger partial charge in [0.2, 0.25) is 0 Å². The number of carboxylic acid groups (broad SMARTS) is 1. The molecular formula is C21H30N2O4. The van der Waals surface area contributed by atoms with Crippen LogP contribution in [0.2, 0.25) is 0 Å². The molecule has 27 heavy (non-hydrogen) atoms. The lowest BCUT2D eigenvalue weighted by Crippen LogP contribution is -2.59. The van der Waals surface area contributed by atoms with Crippen LogP contribution in [0.1, 0.15) is 60.7 Å². The summed E-state index contributed by atoms with van der Waals surface area (Å²) in [5.41, 5.74) is 3.96. The van der Waals surface area contributed by atoms with Crippen LogP contribution in [-0.2, 0) is 11.3 Å². The van der Waals surface area contributed by atoms with Crippen LogP contribution in [0.15, 0.2) is 12.1 Å². The van der Waals surface area contributed by atoms with Crippen LogP contribution in [0.4, 0.5) is 4.79 Å². The molecule has 1 saturated heterocycles. The summed E-state index contributed by atoms with van der Waals surface area (Å²) in [6.45, 7) is 13.8. The lowest BCUT2D eigenvalue weighted by Gasteiger charge is -2.46. The molecule has 0 saturated carbocycles. The molecule has 6 heteroatoms. The highest BCUT2D eigenvalue weighted by molar-refractivity contribution is 5.93. The summed E-state index contributed by atoms with van der Waals surface area (Å²) in [6, 6.07) is 3.90. The molecule has 1 aromatic rings. The first kappa shape index (κ1) is 19.7. The maximum atomic E-state index is 11.7. The van der Waals surface area contributed by atoms with Crippen molar-refractivity contribution in [1.29, 1.82) is 0 Å². The standard InChI is InChI=1S/C21H30N2O4/c1-13(15-6-7-16-17(14(15)2)12-27-19(16)24)10-22-8-9-23(20(25)26)18(11-22)21(3,4)5/h6-7,13,18H,8-12H2,1-5H3,(H,25,26). The number of amides is 1. The van der Waals surface area contributed by atoms with Gasteiger partial charge in [-0.15, -0.1) is 0 Å². The first-order valence-electron chi connectivity index (χ1n) is 9.61. The molecule has 1 amide bonds. The van der Waals surface area contributed by atoms with Gasteiger partial charge >= 0.3 is 12.1 Å². The van der Waals surface area contributed by atoms with Gasteiger partial charge in [-0.3, -0.25) is 4.90 Å². The van der Waals surface area contributed by atoms with Crippen molar-refractivity contribution >= 4 is 12.1 Å². The van der Waals surface area contributed by atoms with E-state index in [2.05, 4.69) is 39.5 Å². The van der Waals surface area contributed by atoms with Crippen LogP contribution in [-0.4, -0.2) is 59.2 Å². The van der Waals surface area contributed by atoms with E-state index in [1.807, 2.05) is 12.1 Å². The van der Waals surface area contributed by atoms with Crippen LogP contribution >= 0.6 is 0 Å². The minimum absolute atomic E-state index is 0.0249. The third-order valence-corrected chi connectivity index (χ3v) is 5.98. The number of hydrogen-bond acceptors (Lipinski definition) is 4. The van der Waals surface area contributed by atoms with E-state index in [0.717, 1.165) is 30.8 Å². The van der Waals surface area contributed by atoms with Gasteiger partial charge in [0, 0.05) is 31.7 Å². The van der Waals surface area contributed by atoms with Crippen molar-refractivity contribution in [2.45, 2.75) is 53.2 Å². The summed E-state index contributed by atoms with van der Waals surface area (Å²) in [5.74, 6) is 0.0631. The van der Waals surface area contributed by atoms with E-state index in [1.54, 1.807) is 4.90 Å². The highest BCUT2D eigenvalue weighted by atomic mass is 16.5. The number of nitrogens with zero attached hydrogens (tertiary/aromatic N) is 2. The fraction of sp³-hybridized carbons (Fsp3) is 0.619. The molecule has 0 aromatic heterocycles. The number of carbonyl (C=O) groups is 2. The van der Waals surface area contributed by atoms with Gasteiger partial charge in [0.15, 0.2) is 0 Å². The summed E-state index contributed by atoms with van der Waals surface area (Å²) in [7, 11) is 0. The second-order valence-corrected chi connectivity index (χ2v) is 8.90. The highest BCUT2D eigenvalue weighted by Crippen LogP contribution is 2.32. The number of carbonyl (C=O) groups excluding carboxylic acids is 1. The largest absolute Gasteiger partial charge is 0.465 e. The second-order valence-electron chi connectivity index (χ2n) is 8.90. The normalized spacial score (nSPS) is 21.7. The third-order valence-electron chi connectivity index (χ3n) is 5.98. The fourth-order valence-electron chi connectivity index (χ4n) is 4.36. The van der Waals surface area contributed by atoms with Crippen molar-refractivity contribution in [3.05, 3.63) is 34.4 Å². The zero-order valence-electron chi connectivity index (χ0n) is 16.9. The maximum Gasteiger partial charge on any atom is 0.407 e. The number of cyclic esters (lactones) is 1. The van der Waals surface area contributed by atoms with Gasteiger partial charge in [0.25, 0.3) is 0 Å². The molecule has 2 aliphatic heterocycles. The van der Waals surface area contributed by atoms with E-state index in [4.69, 9.17) is 4.74 Å². The highest BCUT2D eigenvalue weighted by Gasteiger charge is 2.38. The van der Waals surface area contributed by atoms with Crippen LogP contribution in [0.5, 0.6) is 0 Å². The summed E-state index contributed by atoms with van der Waals surface area (Å²) >= 11 is 0. The number of benzene rings is 1. The molecule has 1 fully saturated rings. The summed E-state index contributed by atoms with van der Waals surface area (Å²) in [4.78, 5) is 27.3. The molecule has 3 rings (SSSR count). The lowest BCUT2D eigenvalue weighted by molar-refractivity contribution is 0.0202. The Balaban J connectivity index is 1.74. The van der Waals surface area contributed by atoms with E-state index >= 15 is 0 Å². The maximum absolute atomic E-state index is 11.7. The summed E-state index contributed by atoms with van der Waals surface area (Å²) in [5, 5.41) is 9.53. The van der Waals surface area contributed by atoms with Crippen molar-refractivity contribution in [2.24, 2.45) is 5.41 Å².